The third-order valence-electron chi connectivity index (χ3n) is 2.85. The summed E-state index contributed by atoms with van der Waals surface area (Å²) < 4.78 is 5.19. The molecule has 0 saturated carbocycles. The molecule has 0 aliphatic carbocycles. The van der Waals surface area contributed by atoms with Crippen LogP contribution in [0.5, 0.6) is 0 Å². The Balaban J connectivity index is 2.26. The molecule has 0 radical (unpaired) electrons. The quantitative estimate of drug-likeness (QED) is 0.623. The number of pyridine rings is 1. The molecular weight excluding hydrogens is 254 g/mol. The van der Waals surface area contributed by atoms with Gasteiger partial charge in [0.2, 0.25) is 5.82 Å². The maximum atomic E-state index is 10.9. The molecule has 1 aliphatic heterocycles. The van der Waals surface area contributed by atoms with Crippen molar-refractivity contribution in [3.8, 4) is 0 Å². The molecule has 1 aromatic rings. The lowest BCUT2D eigenvalue weighted by atomic mass is 10.1. The van der Waals surface area contributed by atoms with Gasteiger partial charge in [-0.1, -0.05) is 0 Å². The molecule has 19 heavy (non-hydrogen) atoms. The van der Waals surface area contributed by atoms with E-state index in [0.717, 1.165) is 12.1 Å². The molecule has 1 aromatic heterocycles. The number of nitro groups is 1. The average Bonchev–Trinajstić information content (AvgIpc) is 2.39. The average molecular weight is 267 g/mol. The van der Waals surface area contributed by atoms with Gasteiger partial charge in [-0.25, -0.2) is 9.78 Å². The van der Waals surface area contributed by atoms with Gasteiger partial charge in [0.15, 0.2) is 5.69 Å². The van der Waals surface area contributed by atoms with Crippen molar-refractivity contribution in [2.24, 2.45) is 0 Å². The molecule has 2 heterocycles. The number of aromatic nitrogens is 1. The zero-order chi connectivity index (χ0) is 13.8. The summed E-state index contributed by atoms with van der Waals surface area (Å²) >= 11 is 0. The van der Waals surface area contributed by atoms with Crippen LogP contribution in [0.15, 0.2) is 12.1 Å². The van der Waals surface area contributed by atoms with Gasteiger partial charge in [-0.15, -0.1) is 0 Å². The minimum atomic E-state index is -1.22. The number of nitrogens with zero attached hydrogens (tertiary/aromatic N) is 2. The Bertz CT molecular complexity index is 499. The van der Waals surface area contributed by atoms with Crippen molar-refractivity contribution in [1.29, 1.82) is 0 Å². The van der Waals surface area contributed by atoms with Crippen LogP contribution >= 0.6 is 0 Å². The summed E-state index contributed by atoms with van der Waals surface area (Å²) in [4.78, 5) is 25.0. The maximum absolute atomic E-state index is 10.9. The van der Waals surface area contributed by atoms with Gasteiger partial charge in [0, 0.05) is 25.3 Å². The van der Waals surface area contributed by atoms with E-state index in [1.807, 2.05) is 0 Å². The highest BCUT2D eigenvalue weighted by Gasteiger charge is 2.22. The number of hydrogen-bond donors (Lipinski definition) is 2. The fourth-order valence-electron chi connectivity index (χ4n) is 1.86. The fourth-order valence-corrected chi connectivity index (χ4v) is 1.86. The minimum Gasteiger partial charge on any atom is -0.477 e. The van der Waals surface area contributed by atoms with Gasteiger partial charge >= 0.3 is 11.7 Å². The number of carboxylic acids is 1. The normalized spacial score (nSPS) is 16.0. The van der Waals surface area contributed by atoms with E-state index in [9.17, 15) is 14.9 Å². The lowest BCUT2D eigenvalue weighted by Crippen LogP contribution is -2.28. The fraction of sp³-hybridized carbons (Fsp3) is 0.455. The van der Waals surface area contributed by atoms with Crippen LogP contribution in [0.1, 0.15) is 23.3 Å². The van der Waals surface area contributed by atoms with Gasteiger partial charge in [-0.3, -0.25) is 10.1 Å². The predicted molar refractivity (Wildman–Crippen MR) is 65.3 cm³/mol. The van der Waals surface area contributed by atoms with E-state index in [0.29, 0.717) is 26.1 Å². The second kappa shape index (κ2) is 5.61. The van der Waals surface area contributed by atoms with Crippen LogP contribution in [0, 0.1) is 10.1 Å². The Morgan fingerprint density at radius 1 is 1.47 bits per heavy atom. The summed E-state index contributed by atoms with van der Waals surface area (Å²) in [5, 5.41) is 22.7. The SMILES string of the molecule is O=C(O)c1ccc([N+](=O)[O-])c(NC2CCOCC2)n1. The number of aromatic carboxylic acids is 1. The van der Waals surface area contributed by atoms with Crippen molar-refractivity contribution in [3.63, 3.8) is 0 Å². The van der Waals surface area contributed by atoms with Gasteiger partial charge in [0.05, 0.1) is 4.92 Å². The van der Waals surface area contributed by atoms with Crippen molar-refractivity contribution in [2.45, 2.75) is 18.9 Å². The van der Waals surface area contributed by atoms with E-state index >= 15 is 0 Å². The number of hydrogen-bond acceptors (Lipinski definition) is 6. The molecule has 0 atom stereocenters. The number of carbonyl (C=O) groups is 1. The summed E-state index contributed by atoms with van der Waals surface area (Å²) in [6, 6.07) is 2.28. The number of rotatable bonds is 4. The summed E-state index contributed by atoms with van der Waals surface area (Å²) in [6.45, 7) is 1.15. The van der Waals surface area contributed by atoms with Crippen molar-refractivity contribution >= 4 is 17.5 Å². The molecule has 0 unspecified atom stereocenters. The summed E-state index contributed by atoms with van der Waals surface area (Å²) in [5.41, 5.74) is -0.448. The zero-order valence-electron chi connectivity index (χ0n) is 10.0. The molecule has 2 N–H and O–H groups in total. The summed E-state index contributed by atoms with van der Waals surface area (Å²) in [7, 11) is 0. The highest BCUT2D eigenvalue weighted by atomic mass is 16.6. The minimum absolute atomic E-state index is 0.00296. The van der Waals surface area contributed by atoms with Crippen LogP contribution in [0.3, 0.4) is 0 Å². The highest BCUT2D eigenvalue weighted by molar-refractivity contribution is 5.86. The van der Waals surface area contributed by atoms with Crippen molar-refractivity contribution in [3.05, 3.63) is 27.9 Å². The Hall–Kier alpha value is -2.22. The Kier molecular flexibility index (Phi) is 3.91. The molecule has 0 amide bonds. The molecule has 0 bridgehead atoms. The molecule has 2 rings (SSSR count). The van der Waals surface area contributed by atoms with E-state index in [-0.39, 0.29) is 23.2 Å². The number of nitrogens with one attached hydrogen (secondary N) is 1. The first-order valence-corrected chi connectivity index (χ1v) is 5.81. The summed E-state index contributed by atoms with van der Waals surface area (Å²) in [6.07, 6.45) is 1.41. The third-order valence-corrected chi connectivity index (χ3v) is 2.85. The molecule has 1 fully saturated rings. The highest BCUT2D eigenvalue weighted by Crippen LogP contribution is 2.24. The second-order valence-corrected chi connectivity index (χ2v) is 4.16. The first-order valence-electron chi connectivity index (χ1n) is 5.81. The smallest absolute Gasteiger partial charge is 0.354 e. The predicted octanol–water partition coefficient (Wildman–Crippen LogP) is 1.28. The van der Waals surface area contributed by atoms with Gasteiger partial charge in [-0.05, 0) is 18.9 Å². The van der Waals surface area contributed by atoms with Gasteiger partial charge < -0.3 is 15.2 Å². The number of ether oxygens (including phenoxy) is 1. The van der Waals surface area contributed by atoms with Crippen molar-refractivity contribution < 1.29 is 19.6 Å². The standard InChI is InChI=1S/C11H13N3O5/c15-11(16)8-1-2-9(14(17)18)10(13-8)12-7-3-5-19-6-4-7/h1-2,7H,3-6H2,(H,12,13)(H,15,16). The lowest BCUT2D eigenvalue weighted by molar-refractivity contribution is -0.384. The van der Waals surface area contributed by atoms with E-state index in [1.165, 1.54) is 0 Å². The monoisotopic (exact) mass is 267 g/mol. The molecule has 0 aromatic carbocycles. The Morgan fingerprint density at radius 3 is 2.74 bits per heavy atom. The zero-order valence-corrected chi connectivity index (χ0v) is 10.0. The van der Waals surface area contributed by atoms with E-state index in [4.69, 9.17) is 9.84 Å². The largest absolute Gasteiger partial charge is 0.477 e. The van der Waals surface area contributed by atoms with Crippen molar-refractivity contribution in [1.82, 2.24) is 4.98 Å². The third kappa shape index (κ3) is 3.16. The molecule has 1 saturated heterocycles. The molecule has 0 spiro atoms. The van der Waals surface area contributed by atoms with Crippen LogP contribution in [0.25, 0.3) is 0 Å². The van der Waals surface area contributed by atoms with E-state index in [1.54, 1.807) is 0 Å². The molecule has 102 valence electrons. The van der Waals surface area contributed by atoms with Crippen LogP contribution in [0.4, 0.5) is 11.5 Å². The van der Waals surface area contributed by atoms with Crippen molar-refractivity contribution in [2.75, 3.05) is 18.5 Å². The van der Waals surface area contributed by atoms with Crippen LogP contribution in [0.2, 0.25) is 0 Å². The topological polar surface area (TPSA) is 115 Å². The molecule has 8 nitrogen and oxygen atoms in total. The lowest BCUT2D eigenvalue weighted by Gasteiger charge is -2.23. The molecule has 1 aliphatic rings. The van der Waals surface area contributed by atoms with Gasteiger partial charge in [0.1, 0.15) is 0 Å². The first kappa shape index (κ1) is 13.2. The maximum Gasteiger partial charge on any atom is 0.354 e. The second-order valence-electron chi connectivity index (χ2n) is 4.16. The first-order chi connectivity index (χ1) is 9.08. The Labute approximate surface area is 108 Å². The van der Waals surface area contributed by atoms with Gasteiger partial charge in [0.25, 0.3) is 0 Å². The summed E-state index contributed by atoms with van der Waals surface area (Å²) in [5.74, 6) is -1.22. The Morgan fingerprint density at radius 2 is 2.16 bits per heavy atom. The number of anilines is 1. The van der Waals surface area contributed by atoms with Crippen LogP contribution in [-0.2, 0) is 4.74 Å². The van der Waals surface area contributed by atoms with Crippen LogP contribution < -0.4 is 5.32 Å². The van der Waals surface area contributed by atoms with Crippen LogP contribution in [-0.4, -0.2) is 40.2 Å². The molecule has 8 heteroatoms. The van der Waals surface area contributed by atoms with Gasteiger partial charge in [-0.2, -0.15) is 0 Å². The van der Waals surface area contributed by atoms with E-state index in [2.05, 4.69) is 10.3 Å². The van der Waals surface area contributed by atoms with E-state index < -0.39 is 10.9 Å². The number of carboxylic acid groups (broad SMARTS) is 1. The molecular formula is C11H13N3O5.